The van der Waals surface area contributed by atoms with Crippen molar-refractivity contribution in [1.29, 1.82) is 0 Å². The van der Waals surface area contributed by atoms with Crippen LogP contribution in [0.4, 0.5) is 0 Å². The number of aromatic nitrogens is 2. The first-order valence-corrected chi connectivity index (χ1v) is 8.79. The highest BCUT2D eigenvalue weighted by Gasteiger charge is 2.18. The molecule has 1 saturated carbocycles. The Morgan fingerprint density at radius 3 is 2.86 bits per heavy atom. The Bertz CT molecular complexity index is 443. The van der Waals surface area contributed by atoms with Gasteiger partial charge in [0.1, 0.15) is 4.88 Å². The van der Waals surface area contributed by atoms with E-state index in [1.165, 1.54) is 43.6 Å². The smallest absolute Gasteiger partial charge is 0.264 e. The van der Waals surface area contributed by atoms with Gasteiger partial charge in [0.15, 0.2) is 0 Å². The van der Waals surface area contributed by atoms with Crippen LogP contribution in [0, 0.1) is 0 Å². The molecule has 0 unspecified atom stereocenters. The van der Waals surface area contributed by atoms with Crippen LogP contribution in [0.2, 0.25) is 0 Å². The van der Waals surface area contributed by atoms with Gasteiger partial charge in [-0.05, 0) is 50.8 Å². The number of rotatable bonds is 7. The fourth-order valence-corrected chi connectivity index (χ4v) is 3.59. The molecule has 1 aliphatic carbocycles. The summed E-state index contributed by atoms with van der Waals surface area (Å²) in [5.41, 5.74) is 0.803. The van der Waals surface area contributed by atoms with Crippen LogP contribution in [0.3, 0.4) is 0 Å². The summed E-state index contributed by atoms with van der Waals surface area (Å²) in [5, 5.41) is 6.96. The molecule has 0 bridgehead atoms. The molecule has 6 heteroatoms. The molecule has 1 aromatic heterocycles. The zero-order chi connectivity index (χ0) is 15.1. The van der Waals surface area contributed by atoms with Crippen molar-refractivity contribution in [2.45, 2.75) is 57.9 Å². The molecule has 1 aliphatic rings. The number of hydrogen-bond donors (Lipinski definition) is 1. The Hall–Kier alpha value is -1.01. The lowest BCUT2D eigenvalue weighted by atomic mass is 9.94. The molecule has 1 amide bonds. The second kappa shape index (κ2) is 8.44. The molecule has 5 nitrogen and oxygen atoms in total. The highest BCUT2D eigenvalue weighted by Crippen LogP contribution is 2.21. The minimum absolute atomic E-state index is 0.0258. The van der Waals surface area contributed by atoms with Gasteiger partial charge in [-0.1, -0.05) is 30.7 Å². The topological polar surface area (TPSA) is 58.1 Å². The Balaban J connectivity index is 1.66. The first-order valence-electron chi connectivity index (χ1n) is 8.02. The van der Waals surface area contributed by atoms with Gasteiger partial charge >= 0.3 is 0 Å². The van der Waals surface area contributed by atoms with Gasteiger partial charge in [-0.3, -0.25) is 4.79 Å². The van der Waals surface area contributed by atoms with Crippen LogP contribution in [-0.2, 0) is 6.42 Å². The Morgan fingerprint density at radius 1 is 1.38 bits per heavy atom. The summed E-state index contributed by atoms with van der Waals surface area (Å²) in [6, 6.07) is 0.742. The van der Waals surface area contributed by atoms with E-state index in [9.17, 15) is 4.79 Å². The van der Waals surface area contributed by atoms with E-state index in [1.807, 2.05) is 6.92 Å². The van der Waals surface area contributed by atoms with E-state index in [0.29, 0.717) is 4.88 Å². The zero-order valence-corrected chi connectivity index (χ0v) is 13.9. The van der Waals surface area contributed by atoms with Gasteiger partial charge in [-0.2, -0.15) is 0 Å². The van der Waals surface area contributed by atoms with Crippen LogP contribution >= 0.6 is 11.5 Å². The standard InChI is InChI=1S/C15H26N4OS/c1-3-13-14(21-18-17-13)15(20)16-10-7-11-19(2)12-8-5-4-6-9-12/h12H,3-11H2,1-2H3,(H,16,20). The maximum absolute atomic E-state index is 12.0. The van der Waals surface area contributed by atoms with E-state index in [0.717, 1.165) is 37.7 Å². The van der Waals surface area contributed by atoms with Crippen molar-refractivity contribution in [3.8, 4) is 0 Å². The fourth-order valence-electron chi connectivity index (χ4n) is 2.93. The van der Waals surface area contributed by atoms with Crippen molar-refractivity contribution in [2.24, 2.45) is 0 Å². The van der Waals surface area contributed by atoms with Gasteiger partial charge in [0.2, 0.25) is 0 Å². The van der Waals surface area contributed by atoms with E-state index in [4.69, 9.17) is 0 Å². The molecule has 21 heavy (non-hydrogen) atoms. The van der Waals surface area contributed by atoms with Crippen molar-refractivity contribution in [2.75, 3.05) is 20.1 Å². The molecule has 118 valence electrons. The minimum atomic E-state index is -0.0258. The summed E-state index contributed by atoms with van der Waals surface area (Å²) in [4.78, 5) is 15.2. The number of hydrogen-bond acceptors (Lipinski definition) is 5. The van der Waals surface area contributed by atoms with Gasteiger partial charge in [-0.25, -0.2) is 0 Å². The van der Waals surface area contributed by atoms with Gasteiger partial charge < -0.3 is 10.2 Å². The Labute approximate surface area is 131 Å². The molecular weight excluding hydrogens is 284 g/mol. The molecule has 0 atom stereocenters. The van der Waals surface area contributed by atoms with Crippen molar-refractivity contribution in [1.82, 2.24) is 19.8 Å². The number of nitrogens with zero attached hydrogens (tertiary/aromatic N) is 3. The minimum Gasteiger partial charge on any atom is -0.351 e. The third kappa shape index (κ3) is 4.74. The highest BCUT2D eigenvalue weighted by molar-refractivity contribution is 7.08. The lowest BCUT2D eigenvalue weighted by Gasteiger charge is -2.31. The lowest BCUT2D eigenvalue weighted by molar-refractivity contribution is 0.0953. The van der Waals surface area contributed by atoms with Crippen molar-refractivity contribution >= 4 is 17.4 Å². The third-order valence-corrected chi connectivity index (χ3v) is 5.03. The number of nitrogens with one attached hydrogen (secondary N) is 1. The predicted molar refractivity (Wildman–Crippen MR) is 85.7 cm³/mol. The normalized spacial score (nSPS) is 16.3. The van der Waals surface area contributed by atoms with E-state index in [-0.39, 0.29) is 5.91 Å². The van der Waals surface area contributed by atoms with E-state index in [1.54, 1.807) is 0 Å². The molecule has 1 heterocycles. The predicted octanol–water partition coefficient (Wildman–Crippen LogP) is 2.48. The fraction of sp³-hybridized carbons (Fsp3) is 0.800. The molecule has 1 fully saturated rings. The number of aryl methyl sites for hydroxylation is 1. The zero-order valence-electron chi connectivity index (χ0n) is 13.1. The average Bonchev–Trinajstić information content (AvgIpc) is 3.00. The third-order valence-electron chi connectivity index (χ3n) is 4.27. The Kier molecular flexibility index (Phi) is 6.57. The van der Waals surface area contributed by atoms with Gasteiger partial charge in [0.25, 0.3) is 5.91 Å². The summed E-state index contributed by atoms with van der Waals surface area (Å²) >= 11 is 1.19. The van der Waals surface area contributed by atoms with Crippen LogP contribution in [0.5, 0.6) is 0 Å². The molecule has 0 spiro atoms. The monoisotopic (exact) mass is 310 g/mol. The first-order chi connectivity index (χ1) is 10.2. The Morgan fingerprint density at radius 2 is 2.14 bits per heavy atom. The quantitative estimate of drug-likeness (QED) is 0.786. The van der Waals surface area contributed by atoms with Crippen molar-refractivity contribution in [3.63, 3.8) is 0 Å². The summed E-state index contributed by atoms with van der Waals surface area (Å²) in [5.74, 6) is -0.0258. The average molecular weight is 310 g/mol. The van der Waals surface area contributed by atoms with E-state index < -0.39 is 0 Å². The summed E-state index contributed by atoms with van der Waals surface area (Å²) in [6.45, 7) is 3.76. The second-order valence-electron chi connectivity index (χ2n) is 5.78. The molecule has 1 N–H and O–H groups in total. The molecule has 2 rings (SSSR count). The summed E-state index contributed by atoms with van der Waals surface area (Å²) in [6.07, 6.45) is 8.53. The van der Waals surface area contributed by atoms with Crippen LogP contribution in [0.15, 0.2) is 0 Å². The molecule has 0 aromatic carbocycles. The van der Waals surface area contributed by atoms with E-state index in [2.05, 4.69) is 26.9 Å². The maximum Gasteiger partial charge on any atom is 0.264 e. The lowest BCUT2D eigenvalue weighted by Crippen LogP contribution is -2.35. The van der Waals surface area contributed by atoms with Crippen LogP contribution in [-0.4, -0.2) is 46.6 Å². The molecule has 0 aliphatic heterocycles. The summed E-state index contributed by atoms with van der Waals surface area (Å²) in [7, 11) is 2.21. The molecular formula is C15H26N4OS. The van der Waals surface area contributed by atoms with Crippen LogP contribution in [0.1, 0.15) is 60.8 Å². The van der Waals surface area contributed by atoms with E-state index >= 15 is 0 Å². The highest BCUT2D eigenvalue weighted by atomic mass is 32.1. The number of amides is 1. The molecule has 0 radical (unpaired) electrons. The van der Waals surface area contributed by atoms with Gasteiger partial charge in [0, 0.05) is 12.6 Å². The second-order valence-corrected chi connectivity index (χ2v) is 6.54. The SMILES string of the molecule is CCc1nnsc1C(=O)NCCCN(C)C1CCCCC1. The van der Waals surface area contributed by atoms with Crippen molar-refractivity contribution < 1.29 is 4.79 Å². The largest absolute Gasteiger partial charge is 0.351 e. The molecule has 1 aromatic rings. The summed E-state index contributed by atoms with van der Waals surface area (Å²) < 4.78 is 3.85. The van der Waals surface area contributed by atoms with Crippen LogP contribution in [0.25, 0.3) is 0 Å². The van der Waals surface area contributed by atoms with Gasteiger partial charge in [-0.15, -0.1) is 5.10 Å². The number of carbonyl (C=O) groups is 1. The number of carbonyl (C=O) groups excluding carboxylic acids is 1. The first kappa shape index (κ1) is 16.4. The van der Waals surface area contributed by atoms with Crippen molar-refractivity contribution in [3.05, 3.63) is 10.6 Å². The van der Waals surface area contributed by atoms with Crippen LogP contribution < -0.4 is 5.32 Å². The molecule has 0 saturated heterocycles. The van der Waals surface area contributed by atoms with Gasteiger partial charge in [0.05, 0.1) is 5.69 Å². The maximum atomic E-state index is 12.0.